The van der Waals surface area contributed by atoms with E-state index in [9.17, 15) is 9.69 Å². The Morgan fingerprint density at radius 3 is 1.79 bits per heavy atom. The maximum Gasteiger partial charge on any atom is 0.169 e. The van der Waals surface area contributed by atoms with Gasteiger partial charge in [0, 0.05) is 35.4 Å². The Kier molecular flexibility index (Phi) is 6.00. The molecule has 1 heterocycles. The first-order valence-electron chi connectivity index (χ1n) is 9.61. The smallest absolute Gasteiger partial charge is 0.169 e. The minimum absolute atomic E-state index is 0.262. The van der Waals surface area contributed by atoms with Gasteiger partial charge in [0.2, 0.25) is 0 Å². The third-order valence-electron chi connectivity index (χ3n) is 5.34. The van der Waals surface area contributed by atoms with Crippen molar-refractivity contribution in [2.75, 3.05) is 22.4 Å². The second kappa shape index (κ2) is 8.66. The molecule has 1 saturated heterocycles. The van der Waals surface area contributed by atoms with E-state index >= 15 is 0 Å². The quantitative estimate of drug-likeness (QED) is 0.362. The second-order valence-corrected chi connectivity index (χ2v) is 10.7. The van der Waals surface area contributed by atoms with Gasteiger partial charge < -0.3 is 19.0 Å². The molecule has 0 aromatic heterocycles. The van der Waals surface area contributed by atoms with Gasteiger partial charge in [-0.1, -0.05) is 64.5 Å². The van der Waals surface area contributed by atoms with Crippen molar-refractivity contribution >= 4 is 41.4 Å². The van der Waals surface area contributed by atoms with Gasteiger partial charge in [0.25, 0.3) is 0 Å². The summed E-state index contributed by atoms with van der Waals surface area (Å²) in [6, 6.07) is 27.9. The first-order chi connectivity index (χ1) is 14.1. The number of hydrogen-bond acceptors (Lipinski definition) is 4. The van der Waals surface area contributed by atoms with E-state index in [-0.39, 0.29) is 12.1 Å². The third kappa shape index (κ3) is 3.83. The maximum absolute atomic E-state index is 12.4. The van der Waals surface area contributed by atoms with E-state index in [2.05, 4.69) is 25.3 Å². The van der Waals surface area contributed by atoms with Gasteiger partial charge in [0.1, 0.15) is 6.29 Å². The minimum atomic E-state index is -2.93. The number of carbonyl (C=O) groups excluding carboxylic acids is 1. The molecule has 149 valence electrons. The highest BCUT2D eigenvalue weighted by atomic mass is 79.9. The van der Waals surface area contributed by atoms with Crippen LogP contribution in [0, 0.1) is 0 Å². The predicted octanol–water partition coefficient (Wildman–Crippen LogP) is 5.86. The molecule has 1 aliphatic heterocycles. The fraction of sp³-hybridized carbons (Fsp3) is 0.174. The first-order valence-corrected chi connectivity index (χ1v) is 12.1. The molecule has 1 aliphatic rings. The van der Waals surface area contributed by atoms with E-state index < -0.39 is 7.79 Å². The number of halogens is 1. The fourth-order valence-electron chi connectivity index (χ4n) is 4.00. The summed E-state index contributed by atoms with van der Waals surface area (Å²) < 4.78 is 5.22. The van der Waals surface area contributed by atoms with Gasteiger partial charge in [-0.25, -0.2) is 0 Å². The zero-order valence-electron chi connectivity index (χ0n) is 15.9. The number of nitrogens with zero attached hydrogens (tertiary/aromatic N) is 2. The molecule has 29 heavy (non-hydrogen) atoms. The molecule has 4 rings (SSSR count). The normalized spacial score (nSPS) is 16.6. The van der Waals surface area contributed by atoms with Crippen molar-refractivity contribution in [3.63, 3.8) is 0 Å². The van der Waals surface area contributed by atoms with E-state index in [0.29, 0.717) is 13.1 Å². The molecule has 0 amide bonds. The Labute approximate surface area is 180 Å². The largest absolute Gasteiger partial charge is 0.345 e. The first kappa shape index (κ1) is 20.1. The summed E-state index contributed by atoms with van der Waals surface area (Å²) in [6.45, 7) is 1.41. The monoisotopic (exact) mass is 469 g/mol. The van der Waals surface area contributed by atoms with Crippen LogP contribution in [0.25, 0.3) is 0 Å². The van der Waals surface area contributed by atoms with Gasteiger partial charge in [0.15, 0.2) is 7.79 Å². The molecule has 1 atom stereocenters. The molecule has 0 bridgehead atoms. The Morgan fingerprint density at radius 2 is 1.34 bits per heavy atom. The van der Waals surface area contributed by atoms with Crippen molar-refractivity contribution in [1.29, 1.82) is 0 Å². The second-order valence-electron chi connectivity index (χ2n) is 7.00. The highest BCUT2D eigenvalue weighted by Gasteiger charge is 2.51. The van der Waals surface area contributed by atoms with Crippen molar-refractivity contribution < 1.29 is 9.69 Å². The third-order valence-corrected chi connectivity index (χ3v) is 9.49. The number of benzene rings is 3. The molecule has 3 aromatic rings. The lowest BCUT2D eigenvalue weighted by atomic mass is 10.1. The molecular formula is C23H23BrN2O2P. The maximum atomic E-state index is 12.4. The molecule has 1 radical (unpaired) electrons. The topological polar surface area (TPSA) is 43.8 Å². The van der Waals surface area contributed by atoms with E-state index in [4.69, 9.17) is 0 Å². The van der Waals surface area contributed by atoms with Crippen LogP contribution in [0.15, 0.2) is 89.4 Å². The molecule has 0 aliphatic carbocycles. The number of anilines is 2. The lowest BCUT2D eigenvalue weighted by Gasteiger charge is -2.47. The summed E-state index contributed by atoms with van der Waals surface area (Å²) in [6.07, 6.45) is 1.19. The molecule has 4 nitrogen and oxygen atoms in total. The molecule has 0 spiro atoms. The molecule has 1 N–H and O–H groups in total. The Hall–Kier alpha value is -2.20. The summed E-state index contributed by atoms with van der Waals surface area (Å²) in [4.78, 5) is 24.1. The average Bonchev–Trinajstić information content (AvgIpc) is 3.12. The van der Waals surface area contributed by atoms with Crippen LogP contribution in [0.4, 0.5) is 11.4 Å². The Balaban J connectivity index is 1.86. The minimum Gasteiger partial charge on any atom is -0.345 e. The highest BCUT2D eigenvalue weighted by Crippen LogP contribution is 2.75. The van der Waals surface area contributed by atoms with Crippen molar-refractivity contribution in [3.05, 3.63) is 95.0 Å². The molecule has 0 saturated carbocycles. The Morgan fingerprint density at radius 1 is 0.862 bits per heavy atom. The van der Waals surface area contributed by atoms with Crippen molar-refractivity contribution in [2.24, 2.45) is 0 Å². The summed E-state index contributed by atoms with van der Waals surface area (Å²) in [5, 5.41) is 0. The fourth-order valence-corrected chi connectivity index (χ4v) is 7.86. The number of aldehydes is 1. The van der Waals surface area contributed by atoms with Crippen LogP contribution in [-0.2, 0) is 4.79 Å². The summed E-state index contributed by atoms with van der Waals surface area (Å²) in [7, 11) is -2.93. The molecule has 1 fully saturated rings. The lowest BCUT2D eigenvalue weighted by Crippen LogP contribution is -2.29. The van der Waals surface area contributed by atoms with E-state index in [1.54, 1.807) is 0 Å². The zero-order chi connectivity index (χ0) is 20.3. The van der Waals surface area contributed by atoms with Crippen molar-refractivity contribution in [1.82, 2.24) is 0 Å². The van der Waals surface area contributed by atoms with Crippen LogP contribution in [0.5, 0.6) is 0 Å². The zero-order valence-corrected chi connectivity index (χ0v) is 18.4. The van der Waals surface area contributed by atoms with Crippen LogP contribution >= 0.6 is 23.7 Å². The summed E-state index contributed by atoms with van der Waals surface area (Å²) in [5.41, 5.74) is 2.63. The SMILES string of the molecule is O=CCC(c1ccc(Br)cc1)[P]1(O)N(c2ccccc2)CCN1c1ccccc1. The van der Waals surface area contributed by atoms with Crippen LogP contribution in [-0.4, -0.2) is 24.3 Å². The van der Waals surface area contributed by atoms with Gasteiger partial charge >= 0.3 is 0 Å². The van der Waals surface area contributed by atoms with Gasteiger partial charge in [-0.2, -0.15) is 0 Å². The van der Waals surface area contributed by atoms with Gasteiger partial charge in [-0.3, -0.25) is 0 Å². The predicted molar refractivity (Wildman–Crippen MR) is 124 cm³/mol. The highest BCUT2D eigenvalue weighted by molar-refractivity contribution is 9.10. The molecular weight excluding hydrogens is 447 g/mol. The van der Waals surface area contributed by atoms with Gasteiger partial charge in [-0.15, -0.1) is 0 Å². The van der Waals surface area contributed by atoms with Crippen LogP contribution < -0.4 is 9.34 Å². The van der Waals surface area contributed by atoms with Crippen molar-refractivity contribution in [2.45, 2.75) is 12.1 Å². The Bertz CT molecular complexity index is 906. The van der Waals surface area contributed by atoms with E-state index in [1.165, 1.54) is 0 Å². The standard InChI is InChI=1S/C23H23BrN2O2P/c24-20-13-11-19(12-14-20)23(15-18-27)29(28)25(21-7-3-1-4-8-21)16-17-26(29)22-9-5-2-6-10-22/h1-14,18,23,28H,15-17H2. The van der Waals surface area contributed by atoms with Crippen LogP contribution in [0.3, 0.4) is 0 Å². The molecule has 6 heteroatoms. The summed E-state index contributed by atoms with van der Waals surface area (Å²) >= 11 is 3.48. The summed E-state index contributed by atoms with van der Waals surface area (Å²) in [5.74, 6) is 0. The van der Waals surface area contributed by atoms with Crippen molar-refractivity contribution in [3.8, 4) is 0 Å². The lowest BCUT2D eigenvalue weighted by molar-refractivity contribution is -0.107. The average molecular weight is 470 g/mol. The number of rotatable bonds is 6. The molecule has 3 aromatic carbocycles. The van der Waals surface area contributed by atoms with Crippen LogP contribution in [0.1, 0.15) is 17.6 Å². The number of carbonyl (C=O) groups is 1. The molecule has 1 unspecified atom stereocenters. The van der Waals surface area contributed by atoms with Crippen LogP contribution in [0.2, 0.25) is 0 Å². The van der Waals surface area contributed by atoms with E-state index in [1.807, 2.05) is 84.9 Å². The van der Waals surface area contributed by atoms with Gasteiger partial charge in [-0.05, 0) is 42.0 Å². The van der Waals surface area contributed by atoms with Gasteiger partial charge in [0.05, 0.1) is 5.66 Å². The number of hydrogen-bond donors (Lipinski definition) is 1. The number of para-hydroxylation sites is 2. The van der Waals surface area contributed by atoms with E-state index in [0.717, 1.165) is 27.7 Å².